The van der Waals surface area contributed by atoms with Gasteiger partial charge in [0.25, 0.3) is 0 Å². The molecule has 0 saturated carbocycles. The predicted octanol–water partition coefficient (Wildman–Crippen LogP) is 1.67. The highest BCUT2D eigenvalue weighted by atomic mass is 32.2. The molecule has 0 saturated heterocycles. The van der Waals surface area contributed by atoms with E-state index in [1.54, 1.807) is 18.0 Å². The highest BCUT2D eigenvalue weighted by molar-refractivity contribution is 7.98. The van der Waals surface area contributed by atoms with Crippen molar-refractivity contribution < 1.29 is 4.79 Å². The lowest BCUT2D eigenvalue weighted by molar-refractivity contribution is -0.118. The zero-order chi connectivity index (χ0) is 10.4. The van der Waals surface area contributed by atoms with Crippen molar-refractivity contribution in [1.82, 2.24) is 9.55 Å². The van der Waals surface area contributed by atoms with Crippen LogP contribution in [0.25, 0.3) is 0 Å². The molecule has 0 N–H and O–H groups in total. The summed E-state index contributed by atoms with van der Waals surface area (Å²) in [6, 6.07) is 0. The van der Waals surface area contributed by atoms with Crippen LogP contribution < -0.4 is 0 Å². The number of ketones is 1. The molecule has 14 heavy (non-hydrogen) atoms. The van der Waals surface area contributed by atoms with Gasteiger partial charge in [-0.2, -0.15) is 11.8 Å². The maximum absolute atomic E-state index is 11.4. The summed E-state index contributed by atoms with van der Waals surface area (Å²) in [5.41, 5.74) is 0. The van der Waals surface area contributed by atoms with Crippen molar-refractivity contribution in [2.75, 3.05) is 12.0 Å². The largest absolute Gasteiger partial charge is 0.338 e. The normalized spacial score (nSPS) is 10.4. The van der Waals surface area contributed by atoms with Crippen molar-refractivity contribution in [3.63, 3.8) is 0 Å². The third-order valence-electron chi connectivity index (χ3n) is 2.13. The number of Topliss-reactive ketones (excluding diaryl/α,β-unsaturated/α-hetero) is 1. The molecule has 1 aromatic heterocycles. The first-order valence-corrected chi connectivity index (χ1v) is 6.10. The van der Waals surface area contributed by atoms with Gasteiger partial charge in [0.15, 0.2) is 0 Å². The summed E-state index contributed by atoms with van der Waals surface area (Å²) < 4.78 is 1.96. The number of imidazole rings is 1. The lowest BCUT2D eigenvalue weighted by atomic mass is 10.2. The molecule has 1 heterocycles. The van der Waals surface area contributed by atoms with E-state index in [4.69, 9.17) is 0 Å². The second-order valence-corrected chi connectivity index (χ2v) is 4.22. The fourth-order valence-electron chi connectivity index (χ4n) is 1.23. The van der Waals surface area contributed by atoms with Crippen molar-refractivity contribution in [3.05, 3.63) is 18.2 Å². The smallest absolute Gasteiger partial charge is 0.134 e. The number of carbonyl (C=O) groups is 1. The fourth-order valence-corrected chi connectivity index (χ4v) is 1.66. The number of aryl methyl sites for hydroxylation is 2. The Morgan fingerprint density at radius 2 is 2.36 bits per heavy atom. The van der Waals surface area contributed by atoms with Crippen LogP contribution in [-0.2, 0) is 18.3 Å². The SMILES string of the molecule is CSCCC(=O)CCc1nccn1C. The molecule has 78 valence electrons. The summed E-state index contributed by atoms with van der Waals surface area (Å²) >= 11 is 1.71. The van der Waals surface area contributed by atoms with Gasteiger partial charge in [-0.3, -0.25) is 4.79 Å². The Kier molecular flexibility index (Phi) is 4.73. The van der Waals surface area contributed by atoms with Gasteiger partial charge in [0.1, 0.15) is 11.6 Å². The minimum absolute atomic E-state index is 0.336. The van der Waals surface area contributed by atoms with Gasteiger partial charge in [-0.1, -0.05) is 0 Å². The van der Waals surface area contributed by atoms with Gasteiger partial charge in [0, 0.05) is 38.7 Å². The van der Waals surface area contributed by atoms with Crippen LogP contribution in [0.4, 0.5) is 0 Å². The number of carbonyl (C=O) groups excluding carboxylic acids is 1. The van der Waals surface area contributed by atoms with Crippen molar-refractivity contribution >= 4 is 17.5 Å². The van der Waals surface area contributed by atoms with Gasteiger partial charge < -0.3 is 4.57 Å². The van der Waals surface area contributed by atoms with E-state index in [0.717, 1.165) is 18.0 Å². The lowest BCUT2D eigenvalue weighted by Crippen LogP contribution is -2.04. The van der Waals surface area contributed by atoms with Crippen molar-refractivity contribution in [2.45, 2.75) is 19.3 Å². The average molecular weight is 212 g/mol. The van der Waals surface area contributed by atoms with E-state index in [2.05, 4.69) is 4.98 Å². The summed E-state index contributed by atoms with van der Waals surface area (Å²) in [6.07, 6.45) is 7.75. The van der Waals surface area contributed by atoms with Gasteiger partial charge in [-0.25, -0.2) is 4.98 Å². The summed E-state index contributed by atoms with van der Waals surface area (Å²) in [4.78, 5) is 15.5. The summed E-state index contributed by atoms with van der Waals surface area (Å²) in [7, 11) is 1.95. The Labute approximate surface area is 88.9 Å². The van der Waals surface area contributed by atoms with Crippen molar-refractivity contribution in [1.29, 1.82) is 0 Å². The van der Waals surface area contributed by atoms with E-state index in [1.165, 1.54) is 0 Å². The Morgan fingerprint density at radius 3 is 2.93 bits per heavy atom. The molecule has 0 aliphatic heterocycles. The number of hydrogen-bond acceptors (Lipinski definition) is 3. The predicted molar refractivity (Wildman–Crippen MR) is 59.5 cm³/mol. The number of nitrogens with zero attached hydrogens (tertiary/aromatic N) is 2. The monoisotopic (exact) mass is 212 g/mol. The van der Waals surface area contributed by atoms with E-state index in [9.17, 15) is 4.79 Å². The standard InChI is InChI=1S/C10H16N2OS/c1-12-7-6-11-10(12)4-3-9(13)5-8-14-2/h6-7H,3-5,8H2,1-2H3. The molecule has 0 bridgehead atoms. The molecule has 0 aromatic carbocycles. The number of rotatable bonds is 6. The molecule has 0 unspecified atom stereocenters. The van der Waals surface area contributed by atoms with Gasteiger partial charge in [0.05, 0.1) is 0 Å². The minimum atomic E-state index is 0.336. The molecule has 0 aliphatic carbocycles. The van der Waals surface area contributed by atoms with E-state index in [0.29, 0.717) is 18.6 Å². The molecule has 1 aromatic rings. The maximum Gasteiger partial charge on any atom is 0.134 e. The molecule has 4 heteroatoms. The highest BCUT2D eigenvalue weighted by Crippen LogP contribution is 2.03. The van der Waals surface area contributed by atoms with Gasteiger partial charge >= 0.3 is 0 Å². The summed E-state index contributed by atoms with van der Waals surface area (Å²) in [5, 5.41) is 0. The first-order valence-electron chi connectivity index (χ1n) is 4.71. The zero-order valence-electron chi connectivity index (χ0n) is 8.69. The van der Waals surface area contributed by atoms with Crippen LogP contribution in [0.5, 0.6) is 0 Å². The summed E-state index contributed by atoms with van der Waals surface area (Å²) in [5.74, 6) is 2.25. The summed E-state index contributed by atoms with van der Waals surface area (Å²) in [6.45, 7) is 0. The van der Waals surface area contributed by atoms with Crippen LogP contribution >= 0.6 is 11.8 Å². The number of hydrogen-bond donors (Lipinski definition) is 0. The molecule has 0 spiro atoms. The molecule has 3 nitrogen and oxygen atoms in total. The van der Waals surface area contributed by atoms with Gasteiger partial charge in [0.2, 0.25) is 0 Å². The third kappa shape index (κ3) is 3.54. The minimum Gasteiger partial charge on any atom is -0.338 e. The van der Waals surface area contributed by atoms with E-state index in [-0.39, 0.29) is 0 Å². The first kappa shape index (κ1) is 11.3. The molecular weight excluding hydrogens is 196 g/mol. The maximum atomic E-state index is 11.4. The molecule has 0 fully saturated rings. The Bertz CT molecular complexity index is 296. The van der Waals surface area contributed by atoms with Crippen LogP contribution in [-0.4, -0.2) is 27.3 Å². The van der Waals surface area contributed by atoms with Crippen molar-refractivity contribution in [2.24, 2.45) is 7.05 Å². The molecule has 0 amide bonds. The molecule has 1 rings (SSSR count). The van der Waals surface area contributed by atoms with Crippen LogP contribution in [0.1, 0.15) is 18.7 Å². The third-order valence-corrected chi connectivity index (χ3v) is 2.75. The first-order chi connectivity index (χ1) is 6.74. The molecule has 0 atom stereocenters. The Hall–Kier alpha value is -0.770. The molecule has 0 aliphatic rings. The lowest BCUT2D eigenvalue weighted by Gasteiger charge is -2.00. The van der Waals surface area contributed by atoms with Crippen LogP contribution in [0.15, 0.2) is 12.4 Å². The number of aromatic nitrogens is 2. The van der Waals surface area contributed by atoms with E-state index < -0.39 is 0 Å². The van der Waals surface area contributed by atoms with Gasteiger partial charge in [-0.05, 0) is 12.0 Å². The second kappa shape index (κ2) is 5.86. The van der Waals surface area contributed by atoms with Crippen LogP contribution in [0.3, 0.4) is 0 Å². The Balaban J connectivity index is 2.27. The molecular formula is C10H16N2OS. The van der Waals surface area contributed by atoms with Gasteiger partial charge in [-0.15, -0.1) is 0 Å². The second-order valence-electron chi connectivity index (χ2n) is 3.24. The van der Waals surface area contributed by atoms with Crippen LogP contribution in [0.2, 0.25) is 0 Å². The number of thioether (sulfide) groups is 1. The van der Waals surface area contributed by atoms with Crippen LogP contribution in [0, 0.1) is 0 Å². The Morgan fingerprint density at radius 1 is 1.57 bits per heavy atom. The quantitative estimate of drug-likeness (QED) is 0.719. The highest BCUT2D eigenvalue weighted by Gasteiger charge is 2.04. The van der Waals surface area contributed by atoms with E-state index >= 15 is 0 Å². The molecule has 0 radical (unpaired) electrons. The fraction of sp³-hybridized carbons (Fsp3) is 0.600. The van der Waals surface area contributed by atoms with Crippen molar-refractivity contribution in [3.8, 4) is 0 Å². The topological polar surface area (TPSA) is 34.9 Å². The average Bonchev–Trinajstić information content (AvgIpc) is 2.58. The van der Waals surface area contributed by atoms with E-state index in [1.807, 2.05) is 24.1 Å². The zero-order valence-corrected chi connectivity index (χ0v) is 9.51.